The summed E-state index contributed by atoms with van der Waals surface area (Å²) in [5, 5.41) is 20.7. The van der Waals surface area contributed by atoms with Crippen molar-refractivity contribution in [1.82, 2.24) is 51.0 Å². The van der Waals surface area contributed by atoms with E-state index in [1.54, 1.807) is 77.5 Å². The number of alkyl carbamates (subject to hydrolysis) is 2. The number of ether oxygens (including phenoxy) is 12. The van der Waals surface area contributed by atoms with Gasteiger partial charge >= 0.3 is 45.8 Å². The molecule has 2 saturated heterocycles. The molecule has 0 spiro atoms. The first-order valence-electron chi connectivity index (χ1n) is 47.0. The molecule has 10 atom stereocenters. The van der Waals surface area contributed by atoms with Crippen molar-refractivity contribution < 1.29 is 128 Å². The van der Waals surface area contributed by atoms with Crippen LogP contribution in [0.2, 0.25) is 0 Å². The largest absolute Gasteiger partial charge is 0.510 e. The van der Waals surface area contributed by atoms with Gasteiger partial charge in [0.25, 0.3) is 0 Å². The first-order chi connectivity index (χ1) is 65.5. The van der Waals surface area contributed by atoms with Gasteiger partial charge in [-0.25, -0.2) is 43.9 Å². The van der Waals surface area contributed by atoms with Gasteiger partial charge in [0.05, 0.1) is 69.6 Å². The van der Waals surface area contributed by atoms with Crippen molar-refractivity contribution in [2.45, 2.75) is 290 Å². The van der Waals surface area contributed by atoms with E-state index < -0.39 is 153 Å². The Bertz CT molecular complexity index is 5240. The van der Waals surface area contributed by atoms with Crippen molar-refractivity contribution in [2.24, 2.45) is 22.7 Å². The molecule has 6 amide bonds. The fourth-order valence-corrected chi connectivity index (χ4v) is 21.8. The molecule has 6 heterocycles. The van der Waals surface area contributed by atoms with Crippen LogP contribution in [0.3, 0.4) is 0 Å². The zero-order valence-electron chi connectivity index (χ0n) is 81.5. The Morgan fingerprint density at radius 1 is 0.551 bits per heavy atom. The molecule has 6 aromatic rings. The molecule has 12 rings (SSSR count). The van der Waals surface area contributed by atoms with Crippen LogP contribution in [0.25, 0.3) is 44.6 Å². The predicted octanol–water partition coefficient (Wildman–Crippen LogP) is 17.9. The lowest BCUT2D eigenvalue weighted by Gasteiger charge is -2.36. The van der Waals surface area contributed by atoms with Crippen LogP contribution in [0.15, 0.2) is 71.9 Å². The molecule has 4 saturated carbocycles. The summed E-state index contributed by atoms with van der Waals surface area (Å²) in [6.45, 7) is 28.9. The number of aromatic nitrogens is 4. The van der Waals surface area contributed by atoms with Crippen LogP contribution in [-0.4, -0.2) is 232 Å². The van der Waals surface area contributed by atoms with E-state index in [4.69, 9.17) is 88.0 Å². The minimum Gasteiger partial charge on any atom is -0.497 e. The quantitative estimate of drug-likeness (QED) is 0.00335. The second-order valence-corrected chi connectivity index (χ2v) is 43.7. The second kappa shape index (κ2) is 49.8. The predicted molar refractivity (Wildman–Crippen MR) is 518 cm³/mol. The van der Waals surface area contributed by atoms with E-state index >= 15 is 14.2 Å². The van der Waals surface area contributed by atoms with Gasteiger partial charge in [0.1, 0.15) is 93.5 Å². The molecule has 8 N–H and O–H groups in total. The van der Waals surface area contributed by atoms with Gasteiger partial charge < -0.3 is 108 Å². The van der Waals surface area contributed by atoms with Gasteiger partial charge in [-0.05, 0) is 152 Å². The summed E-state index contributed by atoms with van der Waals surface area (Å²) in [4.78, 5) is 163. The summed E-state index contributed by atoms with van der Waals surface area (Å²) in [5.41, 5.74) is 1.69. The lowest BCUT2D eigenvalue weighted by molar-refractivity contribution is -0.142. The molecule has 0 unspecified atom stereocenters. The number of halogens is 1. The van der Waals surface area contributed by atoms with Crippen molar-refractivity contribution >= 4 is 136 Å². The van der Waals surface area contributed by atoms with Gasteiger partial charge in [-0.2, -0.15) is 0 Å². The minimum absolute atomic E-state index is 0.0173. The molecule has 6 fully saturated rings. The zero-order chi connectivity index (χ0) is 101. The van der Waals surface area contributed by atoms with Crippen molar-refractivity contribution in [1.29, 1.82) is 0 Å². The maximum Gasteiger partial charge on any atom is 0.510 e. The average Bonchev–Trinajstić information content (AvgIpc) is 1.55. The average molecular weight is 2030 g/mol. The smallest absolute Gasteiger partial charge is 0.497 e. The zero-order valence-corrected chi connectivity index (χ0v) is 85.6. The third-order valence-corrected chi connectivity index (χ3v) is 30.0. The highest BCUT2D eigenvalue weighted by atomic mass is 35.5. The third-order valence-electron chi connectivity index (χ3n) is 24.1. The molecule has 0 bridgehead atoms. The number of thiazole rings is 2. The highest BCUT2D eigenvalue weighted by Crippen LogP contribution is 2.73. The molecular weight excluding hydrogens is 1890 g/mol. The van der Waals surface area contributed by atoms with Crippen LogP contribution in [0.5, 0.6) is 23.0 Å². The van der Waals surface area contributed by atoms with Gasteiger partial charge in [0, 0.05) is 76.6 Å². The van der Waals surface area contributed by atoms with E-state index in [1.165, 1.54) is 38.5 Å². The van der Waals surface area contributed by atoms with Crippen LogP contribution >= 0.6 is 49.5 Å². The van der Waals surface area contributed by atoms with Gasteiger partial charge in [-0.15, -0.1) is 29.3 Å². The summed E-state index contributed by atoms with van der Waals surface area (Å²) in [6.07, 6.45) is 6.65. The molecule has 138 heavy (non-hydrogen) atoms. The number of likely N-dealkylation sites (tertiary alicyclic amines) is 2. The van der Waals surface area contributed by atoms with Crippen LogP contribution in [0.4, 0.5) is 34.2 Å². The number of benzene rings is 2. The number of unbranched alkanes of at least 4 members (excludes halogenated alkanes) is 3. The van der Waals surface area contributed by atoms with E-state index in [9.17, 15) is 47.9 Å². The standard InChI is InChI=1S/C50H71N6O15PS.C38H53N6O9PS.C6H11ClO3/c1-10-13-21-64-47(60)66-29-68-72(62,69-30-67-48(61)65-22-14-11-2)50(26-32(50)12-3)55-43(57)40-24-35(27-56(40)44(58)42(49(6,7)8)54-46(59)71-33-17-15-16-18-33)70-41-25-38(39-28-73-45(53-39)51-31(4)5)52-37-23-34(63-9)19-20-36(37)41;1-8-22-18-38(22,54(48,49)50)43-33(45)30-16-25(19-44(30)34(46)32(37(4,5)6)42-36(47)53-23-11-9-10-12-23)52-31-17-28(29-20-55-35(41-29)39-21(2)3)40-27-15-24(51-7)13-14-26(27)31;1-2-3-4-9-6(8)10-5-7/h12,19-20,23,25,28,31-33,35,40,42H,3,10-11,13-18,21-22,24,26-27,29-30H2,1-2,4-9H3,(H,51,53)(H,54,59)(H,55,57);13-15,17,20-23,25,30,32H,8-12,16,18-19H2,1-7H3,(H,39,41)(H,42,47)(H,43,45)(H2,48,49,50);2-5H2,1H3/t32-,35-,40+,42-,50+;22-,25-,30+,32-,38+;/m11./s1. The van der Waals surface area contributed by atoms with E-state index in [0.29, 0.717) is 111 Å². The van der Waals surface area contributed by atoms with E-state index in [2.05, 4.69) is 48.0 Å². The molecule has 4 aliphatic carbocycles. The number of carbonyl (C=O) groups is 9. The van der Waals surface area contributed by atoms with E-state index in [-0.39, 0.29) is 82.3 Å². The molecule has 2 aliphatic heterocycles. The summed E-state index contributed by atoms with van der Waals surface area (Å²) >= 11 is 7.96. The topological polar surface area (TPSA) is 488 Å². The Kier molecular flexibility index (Phi) is 39.7. The maximum absolute atomic E-state index is 15.1. The number of hydrogen-bond donors (Lipinski definition) is 8. The van der Waals surface area contributed by atoms with Crippen LogP contribution in [0, 0.1) is 22.7 Å². The Labute approximate surface area is 818 Å². The van der Waals surface area contributed by atoms with Gasteiger partial charge in [0.2, 0.25) is 37.2 Å². The first kappa shape index (κ1) is 110. The number of methoxy groups -OCH3 is 2. The molecule has 39 nitrogen and oxygen atoms in total. The molecule has 762 valence electrons. The van der Waals surface area contributed by atoms with Gasteiger partial charge in [-0.1, -0.05) is 113 Å². The van der Waals surface area contributed by atoms with Crippen molar-refractivity contribution in [3.63, 3.8) is 0 Å². The molecule has 4 aromatic heterocycles. The summed E-state index contributed by atoms with van der Waals surface area (Å²) in [7, 11) is -6.37. The van der Waals surface area contributed by atoms with Crippen molar-refractivity contribution in [2.75, 3.05) is 77.4 Å². The normalized spacial score (nSPS) is 20.7. The number of rotatable bonds is 42. The van der Waals surface area contributed by atoms with Crippen LogP contribution in [0.1, 0.15) is 219 Å². The number of carbonyl (C=O) groups excluding carboxylic acids is 9. The molecule has 6 aliphatic rings. The monoisotopic (exact) mass is 2020 g/mol. The number of hydrogen-bond acceptors (Lipinski definition) is 33. The van der Waals surface area contributed by atoms with Gasteiger partial charge in [0.15, 0.2) is 16.3 Å². The summed E-state index contributed by atoms with van der Waals surface area (Å²) in [6, 6.07) is 9.70. The van der Waals surface area contributed by atoms with E-state index in [1.807, 2.05) is 93.0 Å². The Balaban J connectivity index is 0.000000266. The number of amides is 6. The molecule has 44 heteroatoms. The highest BCUT2D eigenvalue weighted by molar-refractivity contribution is 7.56. The summed E-state index contributed by atoms with van der Waals surface area (Å²) in [5.74, 6) is -1.80. The first-order valence-corrected chi connectivity index (χ1v) is 52.5. The number of anilines is 2. The fourth-order valence-electron chi connectivity index (χ4n) is 16.5. The van der Waals surface area contributed by atoms with Crippen LogP contribution < -0.4 is 50.8 Å². The lowest BCUT2D eigenvalue weighted by atomic mass is 9.85. The van der Waals surface area contributed by atoms with Crippen molar-refractivity contribution in [3.05, 3.63) is 71.9 Å². The fraction of sp³-hybridized carbons (Fsp3) is 0.628. The minimum atomic E-state index is -4.76. The molecule has 0 radical (unpaired) electrons. The van der Waals surface area contributed by atoms with Crippen molar-refractivity contribution in [3.8, 4) is 45.8 Å². The SMILES string of the molecule is C=C[C@@H]1C[C@]1(NC(=O)[C@@H]1C[C@@H](Oc2cc(-c3csc(NC(C)C)n3)nc3cc(OC)ccc23)CN1C(=O)[C@@H](NC(=O)OC1CCCC1)C(C)(C)C)P(=O)(OCOC(=O)OCCCC)OCOC(=O)OCCCC.CCCCOC(=O)OCCl.CC[C@@H]1C[C@]1(NC(=O)[C@@H]1C[C@@H](Oc2cc(-c3csc(NC(C)C)n3)nc3cc(OC)ccc23)CN1C(=O)[C@@H](NC(=O)OC1CCCC1)C(C)(C)C)P(=O)(O)O. The third kappa shape index (κ3) is 29.5. The van der Waals surface area contributed by atoms with Gasteiger partial charge in [-0.3, -0.25) is 37.4 Å². The van der Waals surface area contributed by atoms with Crippen LogP contribution in [-0.2, 0) is 75.3 Å². The summed E-state index contributed by atoms with van der Waals surface area (Å²) < 4.78 is 104. The lowest BCUT2D eigenvalue weighted by Crippen LogP contribution is -2.58. The number of fused-ring (bicyclic) bond motifs is 2. The Morgan fingerprint density at radius 2 is 0.949 bits per heavy atom. The number of pyridine rings is 2. The number of nitrogens with zero attached hydrogens (tertiary/aromatic N) is 6. The number of alkyl halides is 1. The Hall–Kier alpha value is -10.1. The molecular formula is C94H135ClN12O27P2S2. The van der Waals surface area contributed by atoms with E-state index in [0.717, 1.165) is 69.3 Å². The highest BCUT2D eigenvalue weighted by Gasteiger charge is 2.70. The second-order valence-electron chi connectivity index (χ2n) is 37.5. The number of nitrogens with one attached hydrogen (secondary N) is 6. The Morgan fingerprint density at radius 3 is 1.29 bits per heavy atom. The molecule has 2 aromatic carbocycles. The maximum atomic E-state index is 15.1.